The first-order valence-corrected chi connectivity index (χ1v) is 13.7. The van der Waals surface area contributed by atoms with Gasteiger partial charge in [-0.1, -0.05) is 24.3 Å². The standard InChI is InChI=1S/C33H27FN4O5/c1-41-14-12-38-29-16-22(33(39)40)8-10-28(29)37-32(38)25-11-13-42-30-17-21(7-9-24(25)30)27-3-2-4-31(36-27)43-19-23-6-5-20(18-35)15-26(23)34/h2-10,15-17,25H,11-14,19H2,1H3,(H,39,40). The van der Waals surface area contributed by atoms with E-state index in [2.05, 4.69) is 4.98 Å². The lowest BCUT2D eigenvalue weighted by Crippen LogP contribution is -2.20. The Labute approximate surface area is 246 Å². The van der Waals surface area contributed by atoms with Crippen LogP contribution in [-0.4, -0.2) is 45.9 Å². The maximum Gasteiger partial charge on any atom is 0.335 e. The van der Waals surface area contributed by atoms with E-state index in [1.165, 1.54) is 12.1 Å². The Morgan fingerprint density at radius 2 is 2.02 bits per heavy atom. The number of halogens is 1. The highest BCUT2D eigenvalue weighted by atomic mass is 19.1. The lowest BCUT2D eigenvalue weighted by atomic mass is 9.91. The van der Waals surface area contributed by atoms with Gasteiger partial charge in [-0.25, -0.2) is 19.2 Å². The van der Waals surface area contributed by atoms with Crippen molar-refractivity contribution in [2.24, 2.45) is 0 Å². The monoisotopic (exact) mass is 578 g/mol. The summed E-state index contributed by atoms with van der Waals surface area (Å²) in [4.78, 5) is 21.2. The van der Waals surface area contributed by atoms with E-state index in [1.54, 1.807) is 37.4 Å². The molecule has 1 aliphatic heterocycles. The minimum atomic E-state index is -0.989. The number of aromatic nitrogens is 3. The van der Waals surface area contributed by atoms with Crippen molar-refractivity contribution in [2.45, 2.75) is 25.5 Å². The summed E-state index contributed by atoms with van der Waals surface area (Å²) in [6.07, 6.45) is 0.710. The highest BCUT2D eigenvalue weighted by Crippen LogP contribution is 2.41. The van der Waals surface area contributed by atoms with Crippen LogP contribution in [0, 0.1) is 17.1 Å². The van der Waals surface area contributed by atoms with E-state index in [-0.39, 0.29) is 23.7 Å². The van der Waals surface area contributed by atoms with E-state index in [0.29, 0.717) is 43.3 Å². The van der Waals surface area contributed by atoms with E-state index in [1.807, 2.05) is 41.0 Å². The normalized spacial score (nSPS) is 14.1. The van der Waals surface area contributed by atoms with E-state index < -0.39 is 11.8 Å². The van der Waals surface area contributed by atoms with Crippen LogP contribution in [0.1, 0.15) is 45.2 Å². The number of carboxylic acid groups (broad SMARTS) is 1. The van der Waals surface area contributed by atoms with Gasteiger partial charge in [0.1, 0.15) is 24.0 Å². The maximum atomic E-state index is 14.3. The van der Waals surface area contributed by atoms with Crippen molar-refractivity contribution in [3.05, 3.63) is 107 Å². The van der Waals surface area contributed by atoms with Crippen LogP contribution >= 0.6 is 0 Å². The molecule has 9 nitrogen and oxygen atoms in total. The van der Waals surface area contributed by atoms with E-state index in [9.17, 15) is 14.3 Å². The number of nitrogens with zero attached hydrogens (tertiary/aromatic N) is 4. The zero-order valence-electron chi connectivity index (χ0n) is 23.3. The molecule has 0 amide bonds. The Morgan fingerprint density at radius 1 is 1.14 bits per heavy atom. The predicted molar refractivity (Wildman–Crippen MR) is 156 cm³/mol. The number of hydrogen-bond acceptors (Lipinski definition) is 7. The summed E-state index contributed by atoms with van der Waals surface area (Å²) in [6, 6.07) is 22.5. The second-order valence-electron chi connectivity index (χ2n) is 10.1. The van der Waals surface area contributed by atoms with Crippen molar-refractivity contribution in [3.63, 3.8) is 0 Å². The van der Waals surface area contributed by atoms with Crippen LogP contribution in [0.3, 0.4) is 0 Å². The first-order valence-electron chi connectivity index (χ1n) is 13.7. The van der Waals surface area contributed by atoms with Crippen LogP contribution in [0.2, 0.25) is 0 Å². The molecule has 0 fully saturated rings. The minimum absolute atomic E-state index is 0.0268. The fourth-order valence-electron chi connectivity index (χ4n) is 5.32. The molecule has 1 N–H and O–H groups in total. The molecule has 0 aliphatic carbocycles. The molecule has 0 saturated heterocycles. The molecule has 0 spiro atoms. The number of fused-ring (bicyclic) bond motifs is 2. The molecule has 1 atom stereocenters. The topological polar surface area (TPSA) is 119 Å². The molecule has 216 valence electrons. The van der Waals surface area contributed by atoms with Crippen molar-refractivity contribution in [1.29, 1.82) is 5.26 Å². The van der Waals surface area contributed by atoms with Gasteiger partial charge < -0.3 is 23.9 Å². The van der Waals surface area contributed by atoms with Gasteiger partial charge in [0.2, 0.25) is 5.88 Å². The van der Waals surface area contributed by atoms with Gasteiger partial charge in [-0.2, -0.15) is 5.26 Å². The summed E-state index contributed by atoms with van der Waals surface area (Å²) in [5.74, 6) is 0.324. The smallest absolute Gasteiger partial charge is 0.335 e. The van der Waals surface area contributed by atoms with Crippen molar-refractivity contribution in [3.8, 4) is 29.0 Å². The number of rotatable bonds is 9. The fourth-order valence-corrected chi connectivity index (χ4v) is 5.32. The number of pyridine rings is 1. The van der Waals surface area contributed by atoms with Crippen molar-refractivity contribution in [1.82, 2.24) is 14.5 Å². The van der Waals surface area contributed by atoms with Gasteiger partial charge >= 0.3 is 5.97 Å². The Bertz CT molecular complexity index is 1880. The molecule has 5 aromatic rings. The van der Waals surface area contributed by atoms with Crippen LogP contribution in [0.25, 0.3) is 22.3 Å². The number of imidazole rings is 1. The summed E-state index contributed by atoms with van der Waals surface area (Å²) in [5, 5.41) is 18.5. The Morgan fingerprint density at radius 3 is 2.81 bits per heavy atom. The number of carboxylic acids is 1. The molecule has 6 rings (SSSR count). The quantitative estimate of drug-likeness (QED) is 0.228. The Hall–Kier alpha value is -5.27. The number of carbonyl (C=O) groups is 1. The summed E-state index contributed by atoms with van der Waals surface area (Å²) in [7, 11) is 1.63. The molecule has 3 aromatic carbocycles. The third kappa shape index (κ3) is 5.63. The Kier molecular flexibility index (Phi) is 7.73. The zero-order valence-corrected chi connectivity index (χ0v) is 23.3. The second kappa shape index (κ2) is 11.9. The predicted octanol–water partition coefficient (Wildman–Crippen LogP) is 5.95. The largest absolute Gasteiger partial charge is 0.493 e. The summed E-state index contributed by atoms with van der Waals surface area (Å²) < 4.78 is 33.5. The average molecular weight is 579 g/mol. The van der Waals surface area contributed by atoms with Gasteiger partial charge in [-0.15, -0.1) is 0 Å². The van der Waals surface area contributed by atoms with Gasteiger partial charge in [0.05, 0.1) is 47.1 Å². The first-order chi connectivity index (χ1) is 20.9. The fraction of sp³-hybridized carbons (Fsp3) is 0.212. The number of benzene rings is 3. The highest BCUT2D eigenvalue weighted by Gasteiger charge is 2.29. The summed E-state index contributed by atoms with van der Waals surface area (Å²) in [5.41, 5.74) is 4.73. The van der Waals surface area contributed by atoms with Gasteiger partial charge in [-0.05, 0) is 48.9 Å². The summed E-state index contributed by atoms with van der Waals surface area (Å²) in [6.45, 7) is 1.44. The van der Waals surface area contributed by atoms with Gasteiger partial charge in [0, 0.05) is 42.3 Å². The zero-order chi connectivity index (χ0) is 29.9. The van der Waals surface area contributed by atoms with Gasteiger partial charge in [-0.3, -0.25) is 0 Å². The number of nitriles is 1. The van der Waals surface area contributed by atoms with Crippen LogP contribution in [0.15, 0.2) is 72.8 Å². The molecule has 0 saturated carbocycles. The highest BCUT2D eigenvalue weighted by molar-refractivity contribution is 5.92. The second-order valence-corrected chi connectivity index (χ2v) is 10.1. The Balaban J connectivity index is 1.29. The number of hydrogen-bond donors (Lipinski definition) is 1. The SMILES string of the molecule is COCCn1c(C2CCOc3cc(-c4cccc(OCc5ccc(C#N)cc5F)n4)ccc32)nc2ccc(C(=O)O)cc21. The lowest BCUT2D eigenvalue weighted by molar-refractivity contribution is 0.0697. The van der Waals surface area contributed by atoms with Crippen LogP contribution in [0.4, 0.5) is 4.39 Å². The third-order valence-electron chi connectivity index (χ3n) is 7.49. The molecule has 10 heteroatoms. The van der Waals surface area contributed by atoms with E-state index in [0.717, 1.165) is 33.7 Å². The van der Waals surface area contributed by atoms with Crippen molar-refractivity contribution in [2.75, 3.05) is 20.3 Å². The molecule has 1 aliphatic rings. The molecular formula is C33H27FN4O5. The van der Waals surface area contributed by atoms with Crippen LogP contribution in [0.5, 0.6) is 11.6 Å². The lowest BCUT2D eigenvalue weighted by Gasteiger charge is -2.27. The molecule has 1 unspecified atom stereocenters. The molecular weight excluding hydrogens is 551 g/mol. The van der Waals surface area contributed by atoms with E-state index in [4.69, 9.17) is 24.5 Å². The molecule has 0 bridgehead atoms. The molecule has 2 aromatic heterocycles. The number of ether oxygens (including phenoxy) is 3. The van der Waals surface area contributed by atoms with E-state index >= 15 is 0 Å². The first kappa shape index (κ1) is 27.9. The number of aromatic carboxylic acids is 1. The third-order valence-corrected chi connectivity index (χ3v) is 7.49. The maximum absolute atomic E-state index is 14.3. The van der Waals surface area contributed by atoms with Crippen LogP contribution < -0.4 is 9.47 Å². The minimum Gasteiger partial charge on any atom is -0.493 e. The molecule has 0 radical (unpaired) electrons. The van der Waals surface area contributed by atoms with Gasteiger partial charge in [0.25, 0.3) is 0 Å². The van der Waals surface area contributed by atoms with Gasteiger partial charge in [0.15, 0.2) is 0 Å². The molecule has 3 heterocycles. The summed E-state index contributed by atoms with van der Waals surface area (Å²) >= 11 is 0. The van der Waals surface area contributed by atoms with Crippen LogP contribution in [-0.2, 0) is 17.9 Å². The molecule has 43 heavy (non-hydrogen) atoms. The van der Waals surface area contributed by atoms with Crippen molar-refractivity contribution >= 4 is 17.0 Å². The number of methoxy groups -OCH3 is 1. The average Bonchev–Trinajstić information content (AvgIpc) is 3.40. The van der Waals surface area contributed by atoms with Crippen molar-refractivity contribution < 1.29 is 28.5 Å².